The molecule has 0 bridgehead atoms. The van der Waals surface area contributed by atoms with E-state index in [9.17, 15) is 9.90 Å². The van der Waals surface area contributed by atoms with Crippen LogP contribution < -0.4 is 0 Å². The summed E-state index contributed by atoms with van der Waals surface area (Å²) in [7, 11) is 0. The van der Waals surface area contributed by atoms with Gasteiger partial charge in [0.15, 0.2) is 5.44 Å². The number of esters is 1. The van der Waals surface area contributed by atoms with Crippen molar-refractivity contribution in [1.29, 1.82) is 0 Å². The molecule has 0 aliphatic rings. The predicted octanol–water partition coefficient (Wildman–Crippen LogP) is 1.73. The molecule has 0 aromatic heterocycles. The van der Waals surface area contributed by atoms with Gasteiger partial charge in [-0.3, -0.25) is 0 Å². The molecule has 1 aromatic carbocycles. The van der Waals surface area contributed by atoms with Crippen molar-refractivity contribution in [2.45, 2.75) is 5.44 Å². The number of carbonyl (C=O) groups excluding carboxylic acids is 1. The van der Waals surface area contributed by atoms with Crippen molar-refractivity contribution < 1.29 is 14.6 Å². The number of aromatic hydroxyl groups is 1. The number of para-hydroxylation sites is 1. The molecule has 14 heavy (non-hydrogen) atoms. The van der Waals surface area contributed by atoms with Crippen molar-refractivity contribution in [2.75, 3.05) is 5.75 Å². The van der Waals surface area contributed by atoms with Gasteiger partial charge < -0.3 is 9.84 Å². The highest BCUT2D eigenvalue weighted by Crippen LogP contribution is 2.17. The van der Waals surface area contributed by atoms with Crippen molar-refractivity contribution in [2.24, 2.45) is 0 Å². The lowest BCUT2D eigenvalue weighted by Gasteiger charge is -2.09. The number of hydrogen-bond donors (Lipinski definition) is 3. The first-order valence-corrected chi connectivity index (χ1v) is 5.08. The largest absolute Gasteiger partial charge is 0.507 e. The van der Waals surface area contributed by atoms with Crippen LogP contribution in [0.25, 0.3) is 0 Å². The van der Waals surface area contributed by atoms with Gasteiger partial charge in [0.05, 0.1) is 0 Å². The zero-order valence-electron chi connectivity index (χ0n) is 7.25. The number of benzene rings is 1. The summed E-state index contributed by atoms with van der Waals surface area (Å²) >= 11 is 7.87. The quantitative estimate of drug-likeness (QED) is 0.421. The highest BCUT2D eigenvalue weighted by atomic mass is 32.1. The number of carbonyl (C=O) groups is 1. The summed E-state index contributed by atoms with van der Waals surface area (Å²) in [5.41, 5.74) is -0.432. The van der Waals surface area contributed by atoms with Crippen LogP contribution in [0.1, 0.15) is 10.4 Å². The van der Waals surface area contributed by atoms with Crippen LogP contribution in [0.15, 0.2) is 24.3 Å². The fraction of sp³-hybridized carbons (Fsp3) is 0.222. The number of rotatable bonds is 3. The van der Waals surface area contributed by atoms with Crippen LogP contribution in [0.3, 0.4) is 0 Å². The Hall–Kier alpha value is -0.810. The average molecular weight is 230 g/mol. The minimum absolute atomic E-state index is 0.0998. The minimum Gasteiger partial charge on any atom is -0.507 e. The predicted molar refractivity (Wildman–Crippen MR) is 60.1 cm³/mol. The third-order valence-electron chi connectivity index (χ3n) is 1.52. The molecule has 1 rings (SSSR count). The lowest BCUT2D eigenvalue weighted by atomic mass is 10.2. The standard InChI is InChI=1S/C9H10O3S2/c10-7-4-2-1-3-6(7)9(11)12-8(14)5-13/h1-4,8,10,13-14H,5H2. The van der Waals surface area contributed by atoms with E-state index >= 15 is 0 Å². The summed E-state index contributed by atoms with van der Waals surface area (Å²) in [5, 5.41) is 9.32. The zero-order chi connectivity index (χ0) is 10.6. The molecule has 3 nitrogen and oxygen atoms in total. The van der Waals surface area contributed by atoms with Gasteiger partial charge in [0.2, 0.25) is 0 Å². The molecule has 0 aliphatic heterocycles. The first-order valence-electron chi connectivity index (χ1n) is 3.93. The van der Waals surface area contributed by atoms with E-state index in [1.165, 1.54) is 12.1 Å². The van der Waals surface area contributed by atoms with Crippen molar-refractivity contribution in [3.05, 3.63) is 29.8 Å². The normalized spacial score (nSPS) is 12.1. The molecule has 0 radical (unpaired) electrons. The first-order chi connectivity index (χ1) is 6.65. The van der Waals surface area contributed by atoms with Crippen molar-refractivity contribution in [3.63, 3.8) is 0 Å². The third-order valence-corrected chi connectivity index (χ3v) is 2.43. The van der Waals surface area contributed by atoms with Gasteiger partial charge in [0.1, 0.15) is 11.3 Å². The van der Waals surface area contributed by atoms with Crippen molar-refractivity contribution in [3.8, 4) is 5.75 Å². The molecule has 0 amide bonds. The van der Waals surface area contributed by atoms with Gasteiger partial charge in [-0.15, -0.1) is 12.6 Å². The van der Waals surface area contributed by atoms with Crippen LogP contribution in [-0.4, -0.2) is 22.3 Å². The first kappa shape index (κ1) is 11.3. The topological polar surface area (TPSA) is 46.5 Å². The van der Waals surface area contributed by atoms with Crippen LogP contribution in [0.5, 0.6) is 5.75 Å². The number of ether oxygens (including phenoxy) is 1. The molecular formula is C9H10O3S2. The van der Waals surface area contributed by atoms with E-state index in [4.69, 9.17) is 4.74 Å². The molecule has 0 heterocycles. The van der Waals surface area contributed by atoms with E-state index in [0.29, 0.717) is 5.75 Å². The van der Waals surface area contributed by atoms with Gasteiger partial charge in [-0.25, -0.2) is 4.79 Å². The number of phenolic OH excluding ortho intramolecular Hbond substituents is 1. The molecule has 0 saturated heterocycles. The fourth-order valence-electron chi connectivity index (χ4n) is 0.871. The van der Waals surface area contributed by atoms with Crippen molar-refractivity contribution in [1.82, 2.24) is 0 Å². The Balaban J connectivity index is 2.75. The summed E-state index contributed by atoms with van der Waals surface area (Å²) in [4.78, 5) is 11.4. The SMILES string of the molecule is O=C(OC(S)CS)c1ccccc1O. The van der Waals surface area contributed by atoms with Gasteiger partial charge in [-0.1, -0.05) is 12.1 Å². The van der Waals surface area contributed by atoms with E-state index in [1.54, 1.807) is 12.1 Å². The Kier molecular flexibility index (Phi) is 4.16. The molecule has 0 saturated carbocycles. The second kappa shape index (κ2) is 5.17. The summed E-state index contributed by atoms with van der Waals surface area (Å²) in [6.07, 6.45) is 0. The van der Waals surface area contributed by atoms with Crippen LogP contribution in [0.4, 0.5) is 0 Å². The molecule has 5 heteroatoms. The van der Waals surface area contributed by atoms with Gasteiger partial charge in [0.25, 0.3) is 0 Å². The molecule has 1 N–H and O–H groups in total. The Morgan fingerprint density at radius 1 is 1.50 bits per heavy atom. The van der Waals surface area contributed by atoms with E-state index < -0.39 is 11.4 Å². The monoisotopic (exact) mass is 230 g/mol. The molecule has 0 fully saturated rings. The van der Waals surface area contributed by atoms with Gasteiger partial charge in [0, 0.05) is 5.75 Å². The van der Waals surface area contributed by atoms with Gasteiger partial charge >= 0.3 is 5.97 Å². The second-order valence-electron chi connectivity index (χ2n) is 2.56. The highest BCUT2D eigenvalue weighted by Gasteiger charge is 2.14. The number of thiol groups is 2. The molecular weight excluding hydrogens is 220 g/mol. The highest BCUT2D eigenvalue weighted by molar-refractivity contribution is 7.84. The van der Waals surface area contributed by atoms with E-state index in [1.807, 2.05) is 0 Å². The molecule has 1 unspecified atom stereocenters. The minimum atomic E-state index is -0.600. The maximum Gasteiger partial charge on any atom is 0.343 e. The Labute approximate surface area is 92.9 Å². The van der Waals surface area contributed by atoms with Crippen LogP contribution in [-0.2, 0) is 4.74 Å². The summed E-state index contributed by atoms with van der Waals surface area (Å²) in [6, 6.07) is 6.18. The maximum absolute atomic E-state index is 11.4. The van der Waals surface area contributed by atoms with E-state index in [-0.39, 0.29) is 11.3 Å². The lowest BCUT2D eigenvalue weighted by Crippen LogP contribution is -2.14. The van der Waals surface area contributed by atoms with E-state index in [0.717, 1.165) is 0 Å². The molecule has 76 valence electrons. The lowest BCUT2D eigenvalue weighted by molar-refractivity contribution is 0.0487. The van der Waals surface area contributed by atoms with Crippen LogP contribution in [0.2, 0.25) is 0 Å². The Morgan fingerprint density at radius 2 is 2.14 bits per heavy atom. The zero-order valence-corrected chi connectivity index (χ0v) is 9.04. The summed E-state index contributed by atoms with van der Waals surface area (Å²) in [5.74, 6) is -0.378. The molecule has 1 atom stereocenters. The van der Waals surface area contributed by atoms with Gasteiger partial charge in [-0.2, -0.15) is 12.6 Å². The second-order valence-corrected chi connectivity index (χ2v) is 3.50. The maximum atomic E-state index is 11.4. The molecule has 0 aliphatic carbocycles. The van der Waals surface area contributed by atoms with Gasteiger partial charge in [-0.05, 0) is 12.1 Å². The fourth-order valence-corrected chi connectivity index (χ4v) is 1.04. The number of phenols is 1. The smallest absolute Gasteiger partial charge is 0.343 e. The Morgan fingerprint density at radius 3 is 2.71 bits per heavy atom. The summed E-state index contributed by atoms with van der Waals surface area (Å²) in [6.45, 7) is 0. The Bertz CT molecular complexity index is 328. The third kappa shape index (κ3) is 2.85. The van der Waals surface area contributed by atoms with Crippen LogP contribution >= 0.6 is 25.3 Å². The van der Waals surface area contributed by atoms with E-state index in [2.05, 4.69) is 25.3 Å². The van der Waals surface area contributed by atoms with Crippen molar-refractivity contribution >= 4 is 31.2 Å². The molecule has 1 aromatic rings. The molecule has 0 spiro atoms. The number of hydrogen-bond acceptors (Lipinski definition) is 5. The average Bonchev–Trinajstić information content (AvgIpc) is 2.18. The van der Waals surface area contributed by atoms with Crippen LogP contribution in [0, 0.1) is 0 Å². The summed E-state index contributed by atoms with van der Waals surface area (Å²) < 4.78 is 4.86.